The molecule has 1 aliphatic rings. The third kappa shape index (κ3) is 5.01. The van der Waals surface area contributed by atoms with Gasteiger partial charge in [0.2, 0.25) is 0 Å². The summed E-state index contributed by atoms with van der Waals surface area (Å²) in [6.07, 6.45) is 1.72. The number of nitrogens with two attached hydrogens (primary N) is 1. The first-order chi connectivity index (χ1) is 17.9. The fourth-order valence-corrected chi connectivity index (χ4v) is 5.35. The van der Waals surface area contributed by atoms with Crippen LogP contribution in [0.5, 0.6) is 11.5 Å². The van der Waals surface area contributed by atoms with Crippen LogP contribution in [0.15, 0.2) is 58.9 Å². The van der Waals surface area contributed by atoms with Crippen molar-refractivity contribution in [3.8, 4) is 17.6 Å². The van der Waals surface area contributed by atoms with Crippen molar-refractivity contribution in [2.24, 2.45) is 5.73 Å². The van der Waals surface area contributed by atoms with E-state index in [0.717, 1.165) is 22.6 Å². The van der Waals surface area contributed by atoms with Crippen molar-refractivity contribution in [2.45, 2.75) is 26.7 Å². The molecule has 0 saturated heterocycles. The fourth-order valence-electron chi connectivity index (χ4n) is 4.19. The molecule has 0 bridgehead atoms. The van der Waals surface area contributed by atoms with E-state index in [9.17, 15) is 14.9 Å². The van der Waals surface area contributed by atoms with Crippen molar-refractivity contribution in [3.05, 3.63) is 84.8 Å². The monoisotopic (exact) mass is 517 g/mol. The van der Waals surface area contributed by atoms with Crippen LogP contribution < -0.4 is 30.0 Å². The summed E-state index contributed by atoms with van der Waals surface area (Å²) in [6.45, 7) is 6.69. The Bertz CT molecular complexity index is 1560. The molecule has 2 N–H and O–H groups in total. The second kappa shape index (κ2) is 11.2. The summed E-state index contributed by atoms with van der Waals surface area (Å²) in [5.41, 5.74) is 7.75. The number of hydrogen-bond acceptors (Lipinski definition) is 8. The van der Waals surface area contributed by atoms with Gasteiger partial charge in [-0.25, -0.2) is 4.79 Å². The van der Waals surface area contributed by atoms with Crippen molar-refractivity contribution in [2.75, 3.05) is 19.8 Å². The zero-order chi connectivity index (χ0) is 26.5. The third-order valence-electron chi connectivity index (χ3n) is 5.78. The molecule has 0 amide bonds. The van der Waals surface area contributed by atoms with Crippen molar-refractivity contribution in [3.63, 3.8) is 0 Å². The van der Waals surface area contributed by atoms with Gasteiger partial charge in [0.25, 0.3) is 5.56 Å². The molecule has 2 aromatic carbocycles. The number of thiazole rings is 1. The summed E-state index contributed by atoms with van der Waals surface area (Å²) in [5, 5.41) is 10.1. The summed E-state index contributed by atoms with van der Waals surface area (Å²) >= 11 is 1.14. The quantitative estimate of drug-likeness (QED) is 0.457. The molecule has 1 aliphatic heterocycles. The van der Waals surface area contributed by atoms with Gasteiger partial charge in [-0.15, -0.1) is 11.3 Å². The Labute approximate surface area is 218 Å². The summed E-state index contributed by atoms with van der Waals surface area (Å²) in [4.78, 5) is 26.7. The zero-order valence-corrected chi connectivity index (χ0v) is 21.6. The molecule has 0 spiro atoms. The van der Waals surface area contributed by atoms with Gasteiger partial charge in [-0.3, -0.25) is 9.36 Å². The van der Waals surface area contributed by atoms with E-state index in [1.807, 2.05) is 38.1 Å². The molecule has 0 fully saturated rings. The number of aromatic nitrogens is 1. The van der Waals surface area contributed by atoms with Crippen LogP contribution in [0.2, 0.25) is 0 Å². The molecule has 0 aliphatic carbocycles. The Kier molecular flexibility index (Phi) is 7.80. The van der Waals surface area contributed by atoms with Gasteiger partial charge in [0.05, 0.1) is 47.5 Å². The van der Waals surface area contributed by atoms with Gasteiger partial charge in [-0.05, 0) is 62.2 Å². The minimum Gasteiger partial charge on any atom is -0.494 e. The molecule has 0 saturated carbocycles. The highest BCUT2D eigenvalue weighted by Gasteiger charge is 2.36. The van der Waals surface area contributed by atoms with Gasteiger partial charge in [0, 0.05) is 0 Å². The molecular weight excluding hydrogens is 490 g/mol. The molecule has 1 unspecified atom stereocenters. The lowest BCUT2D eigenvalue weighted by Gasteiger charge is -2.24. The van der Waals surface area contributed by atoms with Gasteiger partial charge in [-0.1, -0.05) is 24.3 Å². The maximum Gasteiger partial charge on any atom is 0.338 e. The van der Waals surface area contributed by atoms with E-state index in [1.54, 1.807) is 37.3 Å². The second-order valence-electron chi connectivity index (χ2n) is 8.04. The van der Waals surface area contributed by atoms with Gasteiger partial charge in [0.15, 0.2) is 0 Å². The Morgan fingerprint density at radius 3 is 2.16 bits per heavy atom. The fraction of sp³-hybridized carbons (Fsp3) is 0.250. The number of ether oxygens (including phenoxy) is 3. The molecule has 3 aromatic rings. The van der Waals surface area contributed by atoms with E-state index in [0.29, 0.717) is 33.7 Å². The topological polar surface area (TPSA) is 117 Å². The lowest BCUT2D eigenvalue weighted by Crippen LogP contribution is -2.40. The molecule has 0 radical (unpaired) electrons. The maximum absolute atomic E-state index is 13.5. The number of hydrogen-bond donors (Lipinski definition) is 1. The Hall–Kier alpha value is -4.29. The van der Waals surface area contributed by atoms with E-state index < -0.39 is 17.4 Å². The van der Waals surface area contributed by atoms with E-state index in [4.69, 9.17) is 19.9 Å². The highest BCUT2D eigenvalue weighted by atomic mass is 32.1. The first kappa shape index (κ1) is 25.8. The lowest BCUT2D eigenvalue weighted by atomic mass is 9.84. The molecule has 9 heteroatoms. The first-order valence-electron chi connectivity index (χ1n) is 11.9. The van der Waals surface area contributed by atoms with Crippen molar-refractivity contribution < 1.29 is 19.0 Å². The van der Waals surface area contributed by atoms with Crippen molar-refractivity contribution in [1.29, 1.82) is 5.26 Å². The number of nitriles is 1. The molecule has 4 rings (SSSR count). The summed E-state index contributed by atoms with van der Waals surface area (Å²) in [5.74, 6) is -0.0170. The number of fused-ring (bicyclic) bond motifs is 1. The maximum atomic E-state index is 13.5. The SMILES string of the molecule is CCOC(=O)C1=c2s/c(=C\c3ccc(OCC)cc3)c(=O)n2C(N)=C(C#N)C1c1ccc(OCC)cc1. The Balaban J connectivity index is 1.97. The first-order valence-corrected chi connectivity index (χ1v) is 12.8. The second-order valence-corrected chi connectivity index (χ2v) is 9.07. The average Bonchev–Trinajstić information content (AvgIpc) is 3.21. The van der Waals surface area contributed by atoms with Crippen LogP contribution in [0.4, 0.5) is 0 Å². The highest BCUT2D eigenvalue weighted by Crippen LogP contribution is 2.37. The molecule has 37 heavy (non-hydrogen) atoms. The number of carbonyl (C=O) groups excluding carboxylic acids is 1. The van der Waals surface area contributed by atoms with Gasteiger partial charge in [-0.2, -0.15) is 5.26 Å². The number of carbonyl (C=O) groups is 1. The number of benzene rings is 2. The number of nitrogens with zero attached hydrogens (tertiary/aromatic N) is 2. The summed E-state index contributed by atoms with van der Waals surface area (Å²) in [7, 11) is 0. The minimum absolute atomic E-state index is 0.00275. The molecule has 8 nitrogen and oxygen atoms in total. The van der Waals surface area contributed by atoms with Crippen molar-refractivity contribution >= 4 is 34.8 Å². The largest absolute Gasteiger partial charge is 0.494 e. The van der Waals surface area contributed by atoms with Crippen LogP contribution in [-0.4, -0.2) is 30.4 Å². The molecule has 1 atom stereocenters. The molecule has 1 aromatic heterocycles. The van der Waals surface area contributed by atoms with Gasteiger partial charge in [0.1, 0.15) is 22.0 Å². The molecule has 190 valence electrons. The van der Waals surface area contributed by atoms with Crippen LogP contribution >= 0.6 is 11.3 Å². The Morgan fingerprint density at radius 2 is 1.62 bits per heavy atom. The van der Waals surface area contributed by atoms with Crippen LogP contribution in [0.1, 0.15) is 37.8 Å². The average molecular weight is 518 g/mol. The van der Waals surface area contributed by atoms with Crippen molar-refractivity contribution in [1.82, 2.24) is 4.57 Å². The predicted molar refractivity (Wildman–Crippen MR) is 142 cm³/mol. The molecular formula is C28H27N3O5S. The van der Waals surface area contributed by atoms with E-state index in [1.165, 1.54) is 4.57 Å². The lowest BCUT2D eigenvalue weighted by molar-refractivity contribution is -0.136. The standard InChI is InChI=1S/C28H27N3O5S/c1-4-34-19-11-7-17(8-12-19)15-22-26(32)31-25(30)21(16-29)23(18-9-13-20(14-10-18)35-5-2)24(27(31)37-22)28(33)36-6-3/h7-15,23H,4-6,30H2,1-3H3/b22-15-. The zero-order valence-electron chi connectivity index (χ0n) is 20.8. The number of allylic oxidation sites excluding steroid dienone is 1. The van der Waals surface area contributed by atoms with Gasteiger partial charge < -0.3 is 19.9 Å². The predicted octanol–water partition coefficient (Wildman–Crippen LogP) is 2.70. The summed E-state index contributed by atoms with van der Waals surface area (Å²) in [6, 6.07) is 16.6. The Morgan fingerprint density at radius 1 is 1.03 bits per heavy atom. The summed E-state index contributed by atoms with van der Waals surface area (Å²) < 4.78 is 18.3. The van der Waals surface area contributed by atoms with Crippen LogP contribution in [-0.2, 0) is 9.53 Å². The normalized spacial score (nSPS) is 15.2. The van der Waals surface area contributed by atoms with Gasteiger partial charge >= 0.3 is 5.97 Å². The third-order valence-corrected chi connectivity index (χ3v) is 6.89. The smallest absolute Gasteiger partial charge is 0.338 e. The van der Waals surface area contributed by atoms with Crippen LogP contribution in [0.3, 0.4) is 0 Å². The highest BCUT2D eigenvalue weighted by molar-refractivity contribution is 7.07. The number of rotatable bonds is 8. The van der Waals surface area contributed by atoms with Crippen LogP contribution in [0, 0.1) is 11.3 Å². The van der Waals surface area contributed by atoms with E-state index in [2.05, 4.69) is 6.07 Å². The van der Waals surface area contributed by atoms with E-state index >= 15 is 0 Å². The minimum atomic E-state index is -0.795. The molecule has 2 heterocycles. The van der Waals surface area contributed by atoms with E-state index in [-0.39, 0.29) is 23.6 Å². The van der Waals surface area contributed by atoms with Crippen LogP contribution in [0.25, 0.3) is 17.5 Å². The number of esters is 1.